The Hall–Kier alpha value is -4.17. The summed E-state index contributed by atoms with van der Waals surface area (Å²) >= 11 is 0. The summed E-state index contributed by atoms with van der Waals surface area (Å²) in [7, 11) is 0. The molecule has 1 aromatic heterocycles. The van der Waals surface area contributed by atoms with Crippen LogP contribution in [0, 0.1) is 18.3 Å². The molecule has 4 amide bonds. The van der Waals surface area contributed by atoms with Crippen LogP contribution >= 0.6 is 0 Å². The van der Waals surface area contributed by atoms with E-state index in [2.05, 4.69) is 20.9 Å². The van der Waals surface area contributed by atoms with Crippen LogP contribution in [-0.2, 0) is 16.0 Å². The number of carbonyl (C=O) groups is 4. The third kappa shape index (κ3) is 7.17. The molecule has 0 spiro atoms. The Morgan fingerprint density at radius 3 is 2.65 bits per heavy atom. The first kappa shape index (κ1) is 27.4. The molecule has 0 fully saturated rings. The predicted molar refractivity (Wildman–Crippen MR) is 134 cm³/mol. The number of aliphatic hydroxyl groups is 1. The van der Waals surface area contributed by atoms with E-state index in [4.69, 9.17) is 5.26 Å². The Kier molecular flexibility index (Phi) is 9.03. The van der Waals surface area contributed by atoms with Gasteiger partial charge in [0.25, 0.3) is 11.8 Å². The average molecular weight is 509 g/mol. The number of hydrogen-bond acceptors (Lipinski definition) is 6. The minimum Gasteiger partial charge on any atom is -0.391 e. The molecule has 37 heavy (non-hydrogen) atoms. The zero-order chi connectivity index (χ0) is 27.1. The molecular weight excluding hydrogens is 476 g/mol. The van der Waals surface area contributed by atoms with Crippen molar-refractivity contribution < 1.29 is 24.3 Å². The Morgan fingerprint density at radius 2 is 1.97 bits per heavy atom. The summed E-state index contributed by atoms with van der Waals surface area (Å²) in [6.07, 6.45) is 1.42. The lowest BCUT2D eigenvalue weighted by molar-refractivity contribution is -0.126. The molecule has 0 unspecified atom stereocenters. The van der Waals surface area contributed by atoms with E-state index >= 15 is 0 Å². The van der Waals surface area contributed by atoms with Gasteiger partial charge in [-0.2, -0.15) is 5.26 Å². The number of benzene rings is 1. The molecule has 0 aliphatic carbocycles. The first-order valence-corrected chi connectivity index (χ1v) is 12.1. The third-order valence-electron chi connectivity index (χ3n) is 6.15. The normalized spacial score (nSPS) is 20.6. The number of nitriles is 1. The minimum absolute atomic E-state index is 0.0284. The fourth-order valence-electron chi connectivity index (χ4n) is 4.13. The number of aryl methyl sites for hydroxylation is 2. The van der Waals surface area contributed by atoms with E-state index in [1.54, 1.807) is 19.1 Å². The van der Waals surface area contributed by atoms with Crippen LogP contribution in [0.3, 0.4) is 0 Å². The Morgan fingerprint density at radius 1 is 1.22 bits per heavy atom. The number of rotatable bonds is 2. The largest absolute Gasteiger partial charge is 0.391 e. The molecule has 1 aliphatic rings. The molecule has 2 aromatic rings. The lowest BCUT2D eigenvalue weighted by Crippen LogP contribution is -2.56. The van der Waals surface area contributed by atoms with Gasteiger partial charge in [0.05, 0.1) is 18.2 Å². The van der Waals surface area contributed by atoms with Gasteiger partial charge in [-0.1, -0.05) is 6.07 Å². The van der Waals surface area contributed by atoms with Crippen molar-refractivity contribution in [1.29, 1.82) is 5.26 Å². The monoisotopic (exact) mass is 508 g/mol. The third-order valence-corrected chi connectivity index (χ3v) is 6.15. The van der Waals surface area contributed by atoms with E-state index in [-0.39, 0.29) is 30.3 Å². The molecule has 0 radical (unpaired) electrons. The zero-order valence-corrected chi connectivity index (χ0v) is 21.1. The van der Waals surface area contributed by atoms with Gasteiger partial charge in [0.1, 0.15) is 17.8 Å². The number of fused-ring (bicyclic) bond motifs is 2. The summed E-state index contributed by atoms with van der Waals surface area (Å²) in [6, 6.07) is 6.69. The summed E-state index contributed by atoms with van der Waals surface area (Å²) in [6.45, 7) is 5.05. The number of nitrogens with one attached hydrogen (secondary N) is 4. The van der Waals surface area contributed by atoms with Gasteiger partial charge in [-0.25, -0.2) is 0 Å². The van der Waals surface area contributed by atoms with Crippen molar-refractivity contribution in [2.45, 2.75) is 51.8 Å². The molecule has 11 heteroatoms. The van der Waals surface area contributed by atoms with Crippen molar-refractivity contribution >= 4 is 23.6 Å². The fourth-order valence-corrected chi connectivity index (χ4v) is 4.13. The van der Waals surface area contributed by atoms with Crippen LogP contribution in [0.2, 0.25) is 0 Å². The molecule has 0 saturated carbocycles. The average Bonchev–Trinajstić information content (AvgIpc) is 3.33. The molecule has 196 valence electrons. The highest BCUT2D eigenvalue weighted by Gasteiger charge is 2.29. The van der Waals surface area contributed by atoms with Gasteiger partial charge in [0.2, 0.25) is 11.8 Å². The second kappa shape index (κ2) is 12.2. The molecular formula is C26H32N6O5. The van der Waals surface area contributed by atoms with Crippen LogP contribution in [0.4, 0.5) is 0 Å². The molecule has 1 aliphatic heterocycles. The summed E-state index contributed by atoms with van der Waals surface area (Å²) in [4.78, 5) is 55.7. The number of aromatic amines is 1. The molecule has 11 nitrogen and oxygen atoms in total. The van der Waals surface area contributed by atoms with Crippen LogP contribution < -0.4 is 16.0 Å². The van der Waals surface area contributed by atoms with Crippen LogP contribution in [-0.4, -0.2) is 76.4 Å². The SMILES string of the molecule is Cc1ccc2cc1CCCNC(=O)CN(C(=O)c1cc(C#N)c[nH]1)C[C@@H](C)NC(=O)[C@H]([C@@H](C)O)NC2=O. The van der Waals surface area contributed by atoms with Gasteiger partial charge < -0.3 is 30.9 Å². The maximum Gasteiger partial charge on any atom is 0.270 e. The van der Waals surface area contributed by atoms with Gasteiger partial charge in [0, 0.05) is 30.9 Å². The van der Waals surface area contributed by atoms with E-state index in [0.717, 1.165) is 11.1 Å². The summed E-state index contributed by atoms with van der Waals surface area (Å²) in [5, 5.41) is 27.4. The lowest BCUT2D eigenvalue weighted by Gasteiger charge is -2.28. The van der Waals surface area contributed by atoms with Crippen molar-refractivity contribution in [2.75, 3.05) is 19.6 Å². The molecule has 3 rings (SSSR count). The second-order valence-electron chi connectivity index (χ2n) is 9.30. The minimum atomic E-state index is -1.23. The van der Waals surface area contributed by atoms with E-state index in [0.29, 0.717) is 24.9 Å². The number of aromatic nitrogens is 1. The Labute approximate surface area is 215 Å². The summed E-state index contributed by atoms with van der Waals surface area (Å²) in [5.74, 6) is -2.00. The van der Waals surface area contributed by atoms with E-state index in [9.17, 15) is 24.3 Å². The molecule has 0 saturated heterocycles. The quantitative estimate of drug-likeness (QED) is 0.393. The van der Waals surface area contributed by atoms with Crippen LogP contribution in [0.15, 0.2) is 30.5 Å². The van der Waals surface area contributed by atoms with Crippen molar-refractivity contribution in [3.8, 4) is 6.07 Å². The van der Waals surface area contributed by atoms with Gasteiger partial charge in [-0.3, -0.25) is 19.2 Å². The van der Waals surface area contributed by atoms with Gasteiger partial charge in [-0.05, 0) is 62.9 Å². The van der Waals surface area contributed by atoms with Crippen molar-refractivity contribution in [3.05, 3.63) is 58.4 Å². The van der Waals surface area contributed by atoms with Crippen LogP contribution in [0.1, 0.15) is 57.8 Å². The molecule has 2 bridgehead atoms. The second-order valence-corrected chi connectivity index (χ2v) is 9.30. The summed E-state index contributed by atoms with van der Waals surface area (Å²) in [5.41, 5.74) is 2.68. The highest BCUT2D eigenvalue weighted by Crippen LogP contribution is 2.14. The maximum absolute atomic E-state index is 13.1. The maximum atomic E-state index is 13.1. The molecule has 2 heterocycles. The highest BCUT2D eigenvalue weighted by atomic mass is 16.3. The number of aliphatic hydroxyl groups excluding tert-OH is 1. The molecule has 5 N–H and O–H groups in total. The number of nitrogens with zero attached hydrogens (tertiary/aromatic N) is 2. The van der Waals surface area contributed by atoms with E-state index in [1.807, 2.05) is 19.1 Å². The van der Waals surface area contributed by atoms with Crippen molar-refractivity contribution in [1.82, 2.24) is 25.8 Å². The first-order chi connectivity index (χ1) is 17.6. The van der Waals surface area contributed by atoms with Crippen molar-refractivity contribution in [2.24, 2.45) is 0 Å². The Bertz CT molecular complexity index is 1210. The first-order valence-electron chi connectivity index (χ1n) is 12.1. The molecule has 3 atom stereocenters. The van der Waals surface area contributed by atoms with E-state index < -0.39 is 35.9 Å². The zero-order valence-electron chi connectivity index (χ0n) is 21.1. The number of H-pyrrole nitrogens is 1. The van der Waals surface area contributed by atoms with Crippen LogP contribution in [0.25, 0.3) is 0 Å². The van der Waals surface area contributed by atoms with E-state index in [1.165, 1.54) is 24.1 Å². The highest BCUT2D eigenvalue weighted by molar-refractivity contribution is 5.98. The fraction of sp³-hybridized carbons (Fsp3) is 0.423. The standard InChI is InChI=1S/C26H32N6O5/c1-15-6-7-20-10-19(15)5-4-8-28-22(34)14-32(26(37)21-9-18(11-27)12-29-21)13-16(2)30-25(36)23(17(3)33)31-24(20)35/h6-7,9-10,12,16-17,23,29,33H,4-5,8,13-14H2,1-3H3,(H,28,34)(H,30,36)(H,31,35)/t16-,17-,23+/m1/s1. The number of carbonyl (C=O) groups excluding carboxylic acids is 4. The van der Waals surface area contributed by atoms with Gasteiger partial charge in [0.15, 0.2) is 0 Å². The van der Waals surface area contributed by atoms with Gasteiger partial charge >= 0.3 is 0 Å². The summed E-state index contributed by atoms with van der Waals surface area (Å²) < 4.78 is 0. The van der Waals surface area contributed by atoms with Crippen molar-refractivity contribution in [3.63, 3.8) is 0 Å². The lowest BCUT2D eigenvalue weighted by atomic mass is 10.00. The molecule has 1 aromatic carbocycles. The topological polar surface area (TPSA) is 167 Å². The predicted octanol–water partition coefficient (Wildman–Crippen LogP) is 0.384. The number of amides is 4. The smallest absolute Gasteiger partial charge is 0.270 e. The van der Waals surface area contributed by atoms with Gasteiger partial charge in [-0.15, -0.1) is 0 Å². The number of hydrogen-bond donors (Lipinski definition) is 5. The van der Waals surface area contributed by atoms with Crippen LogP contribution in [0.5, 0.6) is 0 Å². The Balaban J connectivity index is 1.88.